The van der Waals surface area contributed by atoms with Gasteiger partial charge in [-0.05, 0) is 37.1 Å². The summed E-state index contributed by atoms with van der Waals surface area (Å²) >= 11 is 0. The second-order valence-corrected chi connectivity index (χ2v) is 8.10. The minimum atomic E-state index is -3.04. The lowest BCUT2D eigenvalue weighted by Gasteiger charge is -2.17. The number of amides is 1. The van der Waals surface area contributed by atoms with Crippen molar-refractivity contribution >= 4 is 15.7 Å². The van der Waals surface area contributed by atoms with Crippen LogP contribution in [0.3, 0.4) is 0 Å². The second-order valence-electron chi connectivity index (χ2n) is 5.87. The van der Waals surface area contributed by atoms with Crippen LogP contribution in [0.5, 0.6) is 0 Å². The fourth-order valence-corrected chi connectivity index (χ4v) is 4.50. The minimum absolute atomic E-state index is 0.0379. The summed E-state index contributed by atoms with van der Waals surface area (Å²) in [5, 5.41) is 7.07. The Morgan fingerprint density at radius 3 is 2.65 bits per heavy atom. The lowest BCUT2D eigenvalue weighted by Crippen LogP contribution is -2.33. The summed E-state index contributed by atoms with van der Waals surface area (Å²) in [6.07, 6.45) is 3.99. The highest BCUT2D eigenvalue weighted by Gasteiger charge is 2.33. The van der Waals surface area contributed by atoms with Gasteiger partial charge in [-0.25, -0.2) is 13.1 Å². The van der Waals surface area contributed by atoms with Gasteiger partial charge in [-0.2, -0.15) is 5.10 Å². The van der Waals surface area contributed by atoms with Gasteiger partial charge in [0.25, 0.3) is 0 Å². The molecule has 1 amide bonds. The van der Waals surface area contributed by atoms with Crippen LogP contribution in [0, 0.1) is 5.92 Å². The predicted molar refractivity (Wildman–Crippen MR) is 86.9 cm³/mol. The Balaban J connectivity index is 1.64. The van der Waals surface area contributed by atoms with Crippen LogP contribution < -0.4 is 5.32 Å². The van der Waals surface area contributed by atoms with Crippen molar-refractivity contribution < 1.29 is 13.2 Å². The van der Waals surface area contributed by atoms with Crippen LogP contribution in [-0.4, -0.2) is 35.6 Å². The molecule has 1 saturated heterocycles. The average Bonchev–Trinajstić information content (AvgIpc) is 3.16. The SMILES string of the molecule is CC(NC(=O)C1CCS(=O)(=O)C1)c1ccc(-n2cccn2)cc1. The smallest absolute Gasteiger partial charge is 0.224 e. The largest absolute Gasteiger partial charge is 0.349 e. The minimum Gasteiger partial charge on any atom is -0.349 e. The van der Waals surface area contributed by atoms with Crippen LogP contribution in [-0.2, 0) is 14.6 Å². The molecule has 0 bridgehead atoms. The van der Waals surface area contributed by atoms with Crippen molar-refractivity contribution in [3.05, 3.63) is 48.3 Å². The number of benzene rings is 1. The van der Waals surface area contributed by atoms with Crippen LogP contribution in [0.25, 0.3) is 5.69 Å². The average molecular weight is 333 g/mol. The molecule has 1 aliphatic heterocycles. The molecular weight excluding hydrogens is 314 g/mol. The first-order valence-corrected chi connectivity index (χ1v) is 9.37. The molecule has 0 aliphatic carbocycles. The zero-order chi connectivity index (χ0) is 16.4. The van der Waals surface area contributed by atoms with Crippen molar-refractivity contribution in [2.75, 3.05) is 11.5 Å². The quantitative estimate of drug-likeness (QED) is 0.919. The molecule has 0 radical (unpaired) electrons. The zero-order valence-corrected chi connectivity index (χ0v) is 13.7. The number of rotatable bonds is 4. The van der Waals surface area contributed by atoms with Crippen LogP contribution in [0.1, 0.15) is 24.9 Å². The molecule has 2 heterocycles. The molecule has 0 spiro atoms. The van der Waals surface area contributed by atoms with Crippen LogP contribution >= 0.6 is 0 Å². The van der Waals surface area contributed by atoms with Gasteiger partial charge in [0.2, 0.25) is 5.91 Å². The maximum Gasteiger partial charge on any atom is 0.224 e. The summed E-state index contributed by atoms with van der Waals surface area (Å²) in [6, 6.07) is 9.43. The third-order valence-electron chi connectivity index (χ3n) is 4.12. The predicted octanol–water partition coefficient (Wildman–Crippen LogP) is 1.48. The number of nitrogens with zero attached hydrogens (tertiary/aromatic N) is 2. The van der Waals surface area contributed by atoms with E-state index in [1.807, 2.05) is 43.5 Å². The van der Waals surface area contributed by atoms with E-state index in [0.29, 0.717) is 6.42 Å². The summed E-state index contributed by atoms with van der Waals surface area (Å²) in [5.74, 6) is -0.539. The Kier molecular flexibility index (Phi) is 4.21. The molecule has 6 nitrogen and oxygen atoms in total. The van der Waals surface area contributed by atoms with Crippen molar-refractivity contribution in [1.29, 1.82) is 0 Å². The maximum atomic E-state index is 12.2. The Morgan fingerprint density at radius 2 is 2.09 bits per heavy atom. The summed E-state index contributed by atoms with van der Waals surface area (Å²) in [5.41, 5.74) is 1.91. The standard InChI is InChI=1S/C16H19N3O3S/c1-12(18-16(20)14-7-10-23(21,22)11-14)13-3-5-15(6-4-13)19-9-2-8-17-19/h2-6,8-9,12,14H,7,10-11H2,1H3,(H,18,20). The van der Waals surface area contributed by atoms with E-state index in [-0.39, 0.29) is 23.5 Å². The lowest BCUT2D eigenvalue weighted by molar-refractivity contribution is -0.124. The Hall–Kier alpha value is -2.15. The summed E-state index contributed by atoms with van der Waals surface area (Å²) in [4.78, 5) is 12.2. The fraction of sp³-hybridized carbons (Fsp3) is 0.375. The molecule has 1 fully saturated rings. The van der Waals surface area contributed by atoms with E-state index >= 15 is 0 Å². The number of carbonyl (C=O) groups excluding carboxylic acids is 1. The third-order valence-corrected chi connectivity index (χ3v) is 5.89. The van der Waals surface area contributed by atoms with E-state index in [2.05, 4.69) is 10.4 Å². The van der Waals surface area contributed by atoms with Gasteiger partial charge in [-0.15, -0.1) is 0 Å². The van der Waals surface area contributed by atoms with Gasteiger partial charge < -0.3 is 5.32 Å². The van der Waals surface area contributed by atoms with Gasteiger partial charge in [0.15, 0.2) is 9.84 Å². The van der Waals surface area contributed by atoms with Crippen molar-refractivity contribution in [2.24, 2.45) is 5.92 Å². The highest BCUT2D eigenvalue weighted by Crippen LogP contribution is 2.21. The molecule has 3 rings (SSSR count). The first-order chi connectivity index (χ1) is 10.9. The third kappa shape index (κ3) is 3.61. The number of nitrogens with one attached hydrogen (secondary N) is 1. The van der Waals surface area contributed by atoms with E-state index in [0.717, 1.165) is 11.3 Å². The second kappa shape index (κ2) is 6.16. The fourth-order valence-electron chi connectivity index (χ4n) is 2.75. The molecule has 1 N–H and O–H groups in total. The molecule has 1 aromatic carbocycles. The van der Waals surface area contributed by atoms with E-state index in [4.69, 9.17) is 0 Å². The van der Waals surface area contributed by atoms with Gasteiger partial charge in [-0.3, -0.25) is 4.79 Å². The number of sulfone groups is 1. The Morgan fingerprint density at radius 1 is 1.35 bits per heavy atom. The van der Waals surface area contributed by atoms with Gasteiger partial charge in [0, 0.05) is 12.4 Å². The Labute approximate surface area is 135 Å². The van der Waals surface area contributed by atoms with E-state index in [9.17, 15) is 13.2 Å². The monoisotopic (exact) mass is 333 g/mol. The first kappa shape index (κ1) is 15.7. The molecule has 2 unspecified atom stereocenters. The molecule has 2 aromatic rings. The van der Waals surface area contributed by atoms with E-state index in [1.165, 1.54) is 0 Å². The molecule has 7 heteroatoms. The summed E-state index contributed by atoms with van der Waals surface area (Å²) in [6.45, 7) is 1.89. The summed E-state index contributed by atoms with van der Waals surface area (Å²) in [7, 11) is -3.04. The zero-order valence-electron chi connectivity index (χ0n) is 12.8. The van der Waals surface area contributed by atoms with Crippen LogP contribution in [0.15, 0.2) is 42.7 Å². The molecule has 1 aromatic heterocycles. The molecule has 122 valence electrons. The van der Waals surface area contributed by atoms with Crippen LogP contribution in [0.2, 0.25) is 0 Å². The summed E-state index contributed by atoms with van der Waals surface area (Å²) < 4.78 is 24.7. The van der Waals surface area contributed by atoms with Crippen molar-refractivity contribution in [1.82, 2.24) is 15.1 Å². The molecule has 1 aliphatic rings. The van der Waals surface area contributed by atoms with Gasteiger partial charge in [0.1, 0.15) is 0 Å². The highest BCUT2D eigenvalue weighted by atomic mass is 32.2. The molecule has 0 saturated carbocycles. The number of carbonyl (C=O) groups is 1. The number of aromatic nitrogens is 2. The van der Waals surface area contributed by atoms with Crippen LogP contribution in [0.4, 0.5) is 0 Å². The van der Waals surface area contributed by atoms with E-state index in [1.54, 1.807) is 10.9 Å². The van der Waals surface area contributed by atoms with Gasteiger partial charge >= 0.3 is 0 Å². The normalized spacial score (nSPS) is 21.0. The van der Waals surface area contributed by atoms with E-state index < -0.39 is 15.8 Å². The Bertz CT molecular complexity index is 782. The van der Waals surface area contributed by atoms with Gasteiger partial charge in [0.05, 0.1) is 29.2 Å². The lowest BCUT2D eigenvalue weighted by atomic mass is 10.0. The van der Waals surface area contributed by atoms with Crippen molar-refractivity contribution in [3.8, 4) is 5.69 Å². The molecule has 23 heavy (non-hydrogen) atoms. The molecule has 2 atom stereocenters. The first-order valence-electron chi connectivity index (χ1n) is 7.55. The number of hydrogen-bond acceptors (Lipinski definition) is 4. The molecular formula is C16H19N3O3S. The van der Waals surface area contributed by atoms with Gasteiger partial charge in [-0.1, -0.05) is 12.1 Å². The number of hydrogen-bond donors (Lipinski definition) is 1. The van der Waals surface area contributed by atoms with Crippen molar-refractivity contribution in [2.45, 2.75) is 19.4 Å². The van der Waals surface area contributed by atoms with Crippen molar-refractivity contribution in [3.63, 3.8) is 0 Å². The maximum absolute atomic E-state index is 12.2. The topological polar surface area (TPSA) is 81.1 Å². The highest BCUT2D eigenvalue weighted by molar-refractivity contribution is 7.91.